The van der Waals surface area contributed by atoms with E-state index in [-0.39, 0.29) is 32.2 Å². The average Bonchev–Trinajstić information content (AvgIpc) is 2.92. The highest BCUT2D eigenvalue weighted by atomic mass is 35.5. The lowest BCUT2D eigenvalue weighted by atomic mass is 10.2. The molecule has 0 atom stereocenters. The molecule has 3 heterocycles. The van der Waals surface area contributed by atoms with Gasteiger partial charge in [-0.1, -0.05) is 23.2 Å². The number of amides is 1. The number of hydrogen-bond donors (Lipinski definition) is 1. The fourth-order valence-corrected chi connectivity index (χ4v) is 4.95. The smallest absolute Gasteiger partial charge is 0.280 e. The van der Waals surface area contributed by atoms with Gasteiger partial charge >= 0.3 is 0 Å². The number of hydrogen-bond acceptors (Lipinski definition) is 6. The average molecular weight is 441 g/mol. The van der Waals surface area contributed by atoms with Gasteiger partial charge in [0.2, 0.25) is 11.4 Å². The molecule has 0 spiro atoms. The van der Waals surface area contributed by atoms with Gasteiger partial charge in [-0.15, -0.1) is 0 Å². The van der Waals surface area contributed by atoms with E-state index in [1.54, 1.807) is 6.92 Å². The van der Waals surface area contributed by atoms with Crippen LogP contribution in [0.4, 0.5) is 15.8 Å². The molecular weight excluding hydrogens is 430 g/mol. The molecule has 2 aliphatic heterocycles. The van der Waals surface area contributed by atoms with Crippen LogP contribution in [0.3, 0.4) is 0 Å². The fourth-order valence-electron chi connectivity index (χ4n) is 3.08. The standard InChI is InChI=1S/C17H11Cl2FN4O3S/c1-8-22-16(17(25)23-9-2-3-21-15(19)4-9)13-7-28(26,27)14-6-11(20)10(18)5-12(14)24(8)13/h2-6H,7H2,1H3,(H,21,23,25)/q+1. The van der Waals surface area contributed by atoms with Crippen molar-refractivity contribution in [3.05, 3.63) is 57.8 Å². The van der Waals surface area contributed by atoms with Crippen LogP contribution in [0, 0.1) is 5.82 Å². The zero-order valence-corrected chi connectivity index (χ0v) is 16.5. The first-order chi connectivity index (χ1) is 13.2. The zero-order valence-electron chi connectivity index (χ0n) is 14.2. The van der Waals surface area contributed by atoms with Crippen molar-refractivity contribution in [2.24, 2.45) is 4.99 Å². The van der Waals surface area contributed by atoms with Crippen molar-refractivity contribution in [3.8, 4) is 0 Å². The third kappa shape index (κ3) is 3.10. The molecule has 7 nitrogen and oxygen atoms in total. The molecular formula is C17H11Cl2FN4O3S+. The maximum absolute atomic E-state index is 13.8. The number of carbonyl (C=O) groups excluding carboxylic acids is 1. The summed E-state index contributed by atoms with van der Waals surface area (Å²) in [5.74, 6) is -1.57. The summed E-state index contributed by atoms with van der Waals surface area (Å²) in [5, 5.41) is 2.57. The Hall–Kier alpha value is -2.33. The van der Waals surface area contributed by atoms with Crippen molar-refractivity contribution in [2.75, 3.05) is 11.1 Å². The lowest BCUT2D eigenvalue weighted by Gasteiger charge is -2.18. The second kappa shape index (κ2) is 6.63. The van der Waals surface area contributed by atoms with Crippen LogP contribution in [0.25, 0.3) is 0 Å². The first-order valence-electron chi connectivity index (χ1n) is 7.90. The van der Waals surface area contributed by atoms with Crippen molar-refractivity contribution in [1.29, 1.82) is 0 Å². The summed E-state index contributed by atoms with van der Waals surface area (Å²) in [6, 6.07) is 5.08. The van der Waals surface area contributed by atoms with Crippen molar-refractivity contribution >= 4 is 56.2 Å². The Balaban J connectivity index is 1.81. The highest BCUT2D eigenvalue weighted by Crippen LogP contribution is 2.41. The normalized spacial score (nSPS) is 17.8. The molecule has 1 N–H and O–H groups in total. The number of halogens is 3. The van der Waals surface area contributed by atoms with Crippen LogP contribution in [-0.2, 0) is 14.6 Å². The topological polar surface area (TPSA) is 94.4 Å². The summed E-state index contributed by atoms with van der Waals surface area (Å²) in [4.78, 5) is 22.1. The zero-order chi connectivity index (χ0) is 20.2. The van der Waals surface area contributed by atoms with Gasteiger partial charge in [-0.2, -0.15) is 4.99 Å². The lowest BCUT2D eigenvalue weighted by molar-refractivity contribution is -0.112. The molecule has 1 aromatic heterocycles. The Kier molecular flexibility index (Phi) is 4.50. The molecule has 143 valence electrons. The number of fused-ring (bicyclic) bond motifs is 3. The number of nitrogens with one attached hydrogen (secondary N) is 1. The van der Waals surface area contributed by atoms with Gasteiger partial charge in [0.05, 0.1) is 5.02 Å². The Morgan fingerprint density at radius 1 is 1.29 bits per heavy atom. The Labute approximate surface area is 169 Å². The minimum absolute atomic E-state index is 0.0555. The molecule has 4 rings (SSSR count). The number of aromatic nitrogens is 1. The largest absolute Gasteiger partial charge is 0.320 e. The van der Waals surface area contributed by atoms with Crippen LogP contribution in [0.15, 0.2) is 51.7 Å². The first-order valence-corrected chi connectivity index (χ1v) is 10.3. The van der Waals surface area contributed by atoms with E-state index in [0.29, 0.717) is 11.5 Å². The van der Waals surface area contributed by atoms with Gasteiger partial charge < -0.3 is 5.32 Å². The van der Waals surface area contributed by atoms with Gasteiger partial charge in [-0.3, -0.25) is 4.79 Å². The molecule has 1 amide bonds. The van der Waals surface area contributed by atoms with Gasteiger partial charge in [0.15, 0.2) is 15.5 Å². The van der Waals surface area contributed by atoms with Crippen LogP contribution in [-0.4, -0.2) is 30.9 Å². The molecule has 0 unspecified atom stereocenters. The number of aliphatic imine (C=N–C) groups is 1. The minimum atomic E-state index is -3.89. The molecule has 0 bridgehead atoms. The number of rotatable bonds is 2. The highest BCUT2D eigenvalue weighted by Gasteiger charge is 2.50. The summed E-state index contributed by atoms with van der Waals surface area (Å²) in [6.07, 6.45) is 1.42. The number of amidine groups is 1. The quantitative estimate of drug-likeness (QED) is 0.571. The molecule has 0 saturated heterocycles. The predicted octanol–water partition coefficient (Wildman–Crippen LogP) is 3.37. The minimum Gasteiger partial charge on any atom is -0.320 e. The van der Waals surface area contributed by atoms with E-state index in [9.17, 15) is 17.6 Å². The van der Waals surface area contributed by atoms with Gasteiger partial charge in [0, 0.05) is 30.9 Å². The number of nitrogens with zero attached hydrogens (tertiary/aromatic N) is 3. The summed E-state index contributed by atoms with van der Waals surface area (Å²) < 4.78 is 39.2. The molecule has 0 saturated carbocycles. The monoisotopic (exact) mass is 440 g/mol. The number of carbonyl (C=O) groups is 1. The summed E-state index contributed by atoms with van der Waals surface area (Å²) in [6.45, 7) is 1.61. The summed E-state index contributed by atoms with van der Waals surface area (Å²) in [7, 11) is -3.89. The molecule has 0 fully saturated rings. The van der Waals surface area contributed by atoms with Crippen molar-refractivity contribution in [3.63, 3.8) is 0 Å². The van der Waals surface area contributed by atoms with Crippen molar-refractivity contribution < 1.29 is 17.6 Å². The third-order valence-electron chi connectivity index (χ3n) is 4.24. The number of sulfone groups is 1. The number of benzene rings is 1. The van der Waals surface area contributed by atoms with E-state index in [1.807, 2.05) is 0 Å². The van der Waals surface area contributed by atoms with E-state index < -0.39 is 27.3 Å². The van der Waals surface area contributed by atoms with Crippen LogP contribution < -0.4 is 10.2 Å². The van der Waals surface area contributed by atoms with Gasteiger partial charge in [0.1, 0.15) is 21.6 Å². The molecule has 1 radical (unpaired) electrons. The second-order valence-corrected chi connectivity index (χ2v) is 8.86. The van der Waals surface area contributed by atoms with E-state index >= 15 is 0 Å². The fraction of sp³-hybridized carbons (Fsp3) is 0.118. The maximum Gasteiger partial charge on any atom is 0.280 e. The molecule has 11 heteroatoms. The predicted molar refractivity (Wildman–Crippen MR) is 103 cm³/mol. The van der Waals surface area contributed by atoms with Crippen molar-refractivity contribution in [1.82, 2.24) is 9.88 Å². The van der Waals surface area contributed by atoms with Crippen LogP contribution in [0.2, 0.25) is 10.2 Å². The second-order valence-electron chi connectivity index (χ2n) is 6.10. The maximum atomic E-state index is 13.8. The van der Waals surface area contributed by atoms with E-state index in [4.69, 9.17) is 23.2 Å². The Bertz CT molecular complexity index is 1210. The number of anilines is 2. The molecule has 2 aromatic rings. The molecule has 28 heavy (non-hydrogen) atoms. The van der Waals surface area contributed by atoms with Crippen molar-refractivity contribution in [2.45, 2.75) is 11.8 Å². The molecule has 1 aromatic carbocycles. The van der Waals surface area contributed by atoms with Gasteiger partial charge in [-0.25, -0.2) is 17.8 Å². The van der Waals surface area contributed by atoms with Gasteiger partial charge in [0.25, 0.3) is 11.7 Å². The molecule has 0 aliphatic carbocycles. The van der Waals surface area contributed by atoms with Crippen LogP contribution >= 0.6 is 23.2 Å². The summed E-state index contributed by atoms with van der Waals surface area (Å²) in [5.41, 5.74) is 0.655. The SMILES string of the molecule is CC1=NC(C(=O)Nc2ccnc(Cl)c2)=C2CS(=O)(=O)c3cc(F)c(Cl)cc3[N+]12. The van der Waals surface area contributed by atoms with E-state index in [1.165, 1.54) is 29.3 Å². The van der Waals surface area contributed by atoms with E-state index in [2.05, 4.69) is 15.3 Å². The van der Waals surface area contributed by atoms with E-state index in [0.717, 1.165) is 6.07 Å². The van der Waals surface area contributed by atoms with Gasteiger partial charge in [-0.05, 0) is 17.0 Å². The lowest BCUT2D eigenvalue weighted by Crippen LogP contribution is -2.36. The Morgan fingerprint density at radius 3 is 2.75 bits per heavy atom. The highest BCUT2D eigenvalue weighted by molar-refractivity contribution is 7.91. The van der Waals surface area contributed by atoms with Crippen LogP contribution in [0.5, 0.6) is 0 Å². The summed E-state index contributed by atoms with van der Waals surface area (Å²) >= 11 is 11.7. The Morgan fingerprint density at radius 2 is 2.04 bits per heavy atom. The van der Waals surface area contributed by atoms with Crippen LogP contribution in [0.1, 0.15) is 6.92 Å². The third-order valence-corrected chi connectivity index (χ3v) is 6.39. The first kappa shape index (κ1) is 19.0. The molecule has 2 aliphatic rings. The number of pyridine rings is 1.